The van der Waals surface area contributed by atoms with E-state index in [1.54, 1.807) is 0 Å². The first-order valence-electron chi connectivity index (χ1n) is 6.99. The fourth-order valence-electron chi connectivity index (χ4n) is 1.83. The number of rotatable bonds is 6. The van der Waals surface area contributed by atoms with Crippen LogP contribution in [-0.4, -0.2) is 18.2 Å². The van der Waals surface area contributed by atoms with E-state index in [1.165, 1.54) is 5.56 Å². The summed E-state index contributed by atoms with van der Waals surface area (Å²) in [4.78, 5) is 0. The number of aryl methyl sites for hydroxylation is 1. The highest BCUT2D eigenvalue weighted by Gasteiger charge is 2.15. The maximum absolute atomic E-state index is 6.17. The third-order valence-electron chi connectivity index (χ3n) is 2.91. The molecule has 0 amide bonds. The van der Waals surface area contributed by atoms with Gasteiger partial charge in [-0.15, -0.1) is 0 Å². The van der Waals surface area contributed by atoms with Gasteiger partial charge >= 0.3 is 0 Å². The maximum atomic E-state index is 6.17. The van der Waals surface area contributed by atoms with E-state index in [1.807, 2.05) is 6.07 Å². The standard InChI is InChI=1S/C16H26BrNO/c1-6-7-14(11-18-16(3,4)5)19-15-10-13(17)9-8-12(15)2/h8-10,14,18H,6-7,11H2,1-5H3. The largest absolute Gasteiger partial charge is 0.489 e. The molecule has 1 aromatic rings. The molecule has 0 radical (unpaired) electrons. The monoisotopic (exact) mass is 327 g/mol. The topological polar surface area (TPSA) is 21.3 Å². The van der Waals surface area contributed by atoms with Gasteiger partial charge < -0.3 is 10.1 Å². The predicted octanol–water partition coefficient (Wildman–Crippen LogP) is 4.69. The first-order valence-corrected chi connectivity index (χ1v) is 7.79. The van der Waals surface area contributed by atoms with Gasteiger partial charge in [0.15, 0.2) is 0 Å². The van der Waals surface area contributed by atoms with E-state index in [9.17, 15) is 0 Å². The van der Waals surface area contributed by atoms with E-state index in [4.69, 9.17) is 4.74 Å². The molecule has 3 heteroatoms. The van der Waals surface area contributed by atoms with Crippen molar-refractivity contribution in [3.8, 4) is 5.75 Å². The zero-order valence-electron chi connectivity index (χ0n) is 12.7. The first kappa shape index (κ1) is 16.5. The molecule has 1 unspecified atom stereocenters. The maximum Gasteiger partial charge on any atom is 0.123 e. The number of ether oxygens (including phenoxy) is 1. The Morgan fingerprint density at radius 2 is 2.00 bits per heavy atom. The summed E-state index contributed by atoms with van der Waals surface area (Å²) < 4.78 is 7.23. The number of nitrogens with one attached hydrogen (secondary N) is 1. The molecule has 0 heterocycles. The van der Waals surface area contributed by atoms with Crippen molar-refractivity contribution >= 4 is 15.9 Å². The first-order chi connectivity index (χ1) is 8.81. The van der Waals surface area contributed by atoms with E-state index >= 15 is 0 Å². The lowest BCUT2D eigenvalue weighted by atomic mass is 10.1. The highest BCUT2D eigenvalue weighted by atomic mass is 79.9. The van der Waals surface area contributed by atoms with Gasteiger partial charge in [-0.25, -0.2) is 0 Å². The average molecular weight is 328 g/mol. The van der Waals surface area contributed by atoms with Crippen molar-refractivity contribution in [2.24, 2.45) is 0 Å². The summed E-state index contributed by atoms with van der Waals surface area (Å²) in [5, 5.41) is 3.52. The van der Waals surface area contributed by atoms with Crippen LogP contribution in [0.1, 0.15) is 46.1 Å². The Bertz CT molecular complexity index is 398. The quantitative estimate of drug-likeness (QED) is 0.818. The highest BCUT2D eigenvalue weighted by Crippen LogP contribution is 2.24. The lowest BCUT2D eigenvalue weighted by Crippen LogP contribution is -2.42. The van der Waals surface area contributed by atoms with Crippen LogP contribution in [-0.2, 0) is 0 Å². The van der Waals surface area contributed by atoms with Crippen molar-refractivity contribution in [2.75, 3.05) is 6.54 Å². The van der Waals surface area contributed by atoms with Crippen molar-refractivity contribution in [2.45, 2.75) is 59.1 Å². The molecule has 0 saturated heterocycles. The summed E-state index contributed by atoms with van der Waals surface area (Å²) >= 11 is 3.50. The van der Waals surface area contributed by atoms with Gasteiger partial charge in [-0.05, 0) is 51.8 Å². The lowest BCUT2D eigenvalue weighted by molar-refractivity contribution is 0.174. The fraction of sp³-hybridized carbons (Fsp3) is 0.625. The summed E-state index contributed by atoms with van der Waals surface area (Å²) in [5.41, 5.74) is 1.31. The average Bonchev–Trinajstić information content (AvgIpc) is 2.30. The SMILES string of the molecule is CCCC(CNC(C)(C)C)Oc1cc(Br)ccc1C. The Morgan fingerprint density at radius 3 is 2.58 bits per heavy atom. The lowest BCUT2D eigenvalue weighted by Gasteiger charge is -2.26. The van der Waals surface area contributed by atoms with Crippen molar-refractivity contribution in [3.63, 3.8) is 0 Å². The van der Waals surface area contributed by atoms with Crippen molar-refractivity contribution < 1.29 is 4.74 Å². The van der Waals surface area contributed by atoms with Gasteiger partial charge in [-0.3, -0.25) is 0 Å². The number of hydrogen-bond acceptors (Lipinski definition) is 2. The molecule has 1 N–H and O–H groups in total. The minimum Gasteiger partial charge on any atom is -0.489 e. The molecular weight excluding hydrogens is 302 g/mol. The molecule has 0 bridgehead atoms. The molecule has 0 fully saturated rings. The molecule has 0 aliphatic carbocycles. The molecular formula is C16H26BrNO. The van der Waals surface area contributed by atoms with Crippen LogP contribution >= 0.6 is 15.9 Å². The van der Waals surface area contributed by atoms with E-state index in [0.717, 1.165) is 29.6 Å². The van der Waals surface area contributed by atoms with E-state index in [0.29, 0.717) is 0 Å². The Hall–Kier alpha value is -0.540. The van der Waals surface area contributed by atoms with E-state index < -0.39 is 0 Å². The zero-order valence-corrected chi connectivity index (χ0v) is 14.3. The minimum absolute atomic E-state index is 0.127. The number of benzene rings is 1. The molecule has 0 spiro atoms. The third kappa shape index (κ3) is 6.44. The smallest absolute Gasteiger partial charge is 0.123 e. The van der Waals surface area contributed by atoms with Gasteiger partial charge in [0.2, 0.25) is 0 Å². The summed E-state index contributed by atoms with van der Waals surface area (Å²) in [7, 11) is 0. The van der Waals surface area contributed by atoms with Crippen molar-refractivity contribution in [3.05, 3.63) is 28.2 Å². The summed E-state index contributed by atoms with van der Waals surface area (Å²) in [6.45, 7) is 11.7. The second-order valence-corrected chi connectivity index (χ2v) is 6.98. The van der Waals surface area contributed by atoms with Crippen LogP contribution in [0.15, 0.2) is 22.7 Å². The second kappa shape index (κ2) is 7.30. The molecule has 1 aromatic carbocycles. The van der Waals surface area contributed by atoms with Gasteiger partial charge in [0, 0.05) is 16.6 Å². The van der Waals surface area contributed by atoms with Gasteiger partial charge in [-0.1, -0.05) is 35.3 Å². The van der Waals surface area contributed by atoms with Crippen LogP contribution < -0.4 is 10.1 Å². The van der Waals surface area contributed by atoms with Gasteiger partial charge in [0.1, 0.15) is 11.9 Å². The molecule has 2 nitrogen and oxygen atoms in total. The molecule has 19 heavy (non-hydrogen) atoms. The van der Waals surface area contributed by atoms with Gasteiger partial charge in [0.25, 0.3) is 0 Å². The normalized spacial score (nSPS) is 13.4. The summed E-state index contributed by atoms with van der Waals surface area (Å²) in [6, 6.07) is 6.18. The number of halogens is 1. The molecule has 0 aliphatic heterocycles. The van der Waals surface area contributed by atoms with Crippen LogP contribution in [0.2, 0.25) is 0 Å². The van der Waals surface area contributed by atoms with E-state index in [2.05, 4.69) is 68.0 Å². The Kier molecular flexibility index (Phi) is 6.34. The minimum atomic E-state index is 0.127. The molecule has 0 aromatic heterocycles. The third-order valence-corrected chi connectivity index (χ3v) is 3.41. The molecule has 1 atom stereocenters. The van der Waals surface area contributed by atoms with Gasteiger partial charge in [0.05, 0.1) is 0 Å². The Balaban J connectivity index is 2.69. The van der Waals surface area contributed by atoms with Crippen LogP contribution in [0.3, 0.4) is 0 Å². The highest BCUT2D eigenvalue weighted by molar-refractivity contribution is 9.10. The van der Waals surface area contributed by atoms with Crippen LogP contribution in [0, 0.1) is 6.92 Å². The van der Waals surface area contributed by atoms with Crippen LogP contribution in [0.4, 0.5) is 0 Å². The molecule has 0 aliphatic rings. The predicted molar refractivity (Wildman–Crippen MR) is 86.0 cm³/mol. The van der Waals surface area contributed by atoms with E-state index in [-0.39, 0.29) is 11.6 Å². The summed E-state index contributed by atoms with van der Waals surface area (Å²) in [5.74, 6) is 0.975. The Labute approximate surface area is 126 Å². The number of hydrogen-bond donors (Lipinski definition) is 1. The fourth-order valence-corrected chi connectivity index (χ4v) is 2.17. The van der Waals surface area contributed by atoms with Crippen LogP contribution in [0.5, 0.6) is 5.75 Å². The molecule has 1 rings (SSSR count). The Morgan fingerprint density at radius 1 is 1.32 bits per heavy atom. The summed E-state index contributed by atoms with van der Waals surface area (Å²) in [6.07, 6.45) is 2.41. The van der Waals surface area contributed by atoms with Crippen molar-refractivity contribution in [1.29, 1.82) is 0 Å². The molecule has 0 saturated carbocycles. The van der Waals surface area contributed by atoms with Crippen molar-refractivity contribution in [1.82, 2.24) is 5.32 Å². The molecule has 108 valence electrons. The zero-order chi connectivity index (χ0) is 14.5. The second-order valence-electron chi connectivity index (χ2n) is 6.07. The van der Waals surface area contributed by atoms with Gasteiger partial charge in [-0.2, -0.15) is 0 Å². The van der Waals surface area contributed by atoms with Crippen LogP contribution in [0.25, 0.3) is 0 Å².